The Morgan fingerprint density at radius 2 is 1.81 bits per heavy atom. The van der Waals surface area contributed by atoms with Gasteiger partial charge in [0.25, 0.3) is 5.91 Å². The lowest BCUT2D eigenvalue weighted by molar-refractivity contribution is 0.0998. The molecule has 0 aliphatic carbocycles. The standard InChI is InChI=1S/C15H13BrN2O3/c1-21-13-7-4-10(16)8-12(13)15(20)18-11-5-2-9(3-6-11)14(17)19/h2-8H,1H3,(H2,17,19)(H,18,20). The number of primary amides is 1. The first-order valence-corrected chi connectivity index (χ1v) is 6.85. The first-order valence-electron chi connectivity index (χ1n) is 6.06. The van der Waals surface area contributed by atoms with Crippen molar-refractivity contribution in [2.75, 3.05) is 12.4 Å². The highest BCUT2D eigenvalue weighted by atomic mass is 79.9. The number of methoxy groups -OCH3 is 1. The van der Waals surface area contributed by atoms with Gasteiger partial charge in [-0.1, -0.05) is 15.9 Å². The van der Waals surface area contributed by atoms with Crippen LogP contribution in [0.1, 0.15) is 20.7 Å². The van der Waals surface area contributed by atoms with E-state index in [2.05, 4.69) is 21.2 Å². The summed E-state index contributed by atoms with van der Waals surface area (Å²) in [5.41, 5.74) is 6.52. The monoisotopic (exact) mass is 348 g/mol. The van der Waals surface area contributed by atoms with Gasteiger partial charge in [-0.15, -0.1) is 0 Å². The van der Waals surface area contributed by atoms with Crippen molar-refractivity contribution in [2.45, 2.75) is 0 Å². The molecule has 0 fully saturated rings. The summed E-state index contributed by atoms with van der Waals surface area (Å²) in [7, 11) is 1.50. The molecule has 0 bridgehead atoms. The number of hydrogen-bond acceptors (Lipinski definition) is 3. The average molecular weight is 349 g/mol. The van der Waals surface area contributed by atoms with Gasteiger partial charge in [0.1, 0.15) is 5.75 Å². The molecule has 0 saturated carbocycles. The van der Waals surface area contributed by atoms with Crippen LogP contribution in [-0.4, -0.2) is 18.9 Å². The summed E-state index contributed by atoms with van der Waals surface area (Å²) in [5.74, 6) is -0.342. The van der Waals surface area contributed by atoms with Crippen molar-refractivity contribution in [3.05, 3.63) is 58.1 Å². The van der Waals surface area contributed by atoms with Crippen LogP contribution in [0.25, 0.3) is 0 Å². The van der Waals surface area contributed by atoms with Crippen molar-refractivity contribution in [1.82, 2.24) is 0 Å². The Hall–Kier alpha value is -2.34. The lowest BCUT2D eigenvalue weighted by atomic mass is 10.1. The maximum atomic E-state index is 12.3. The maximum absolute atomic E-state index is 12.3. The number of carbonyl (C=O) groups is 2. The second-order valence-corrected chi connectivity index (χ2v) is 5.16. The number of benzene rings is 2. The molecular formula is C15H13BrN2O3. The van der Waals surface area contributed by atoms with E-state index >= 15 is 0 Å². The first kappa shape index (κ1) is 15.1. The van der Waals surface area contributed by atoms with Crippen LogP contribution in [-0.2, 0) is 0 Å². The molecule has 0 spiro atoms. The average Bonchev–Trinajstić information content (AvgIpc) is 2.47. The van der Waals surface area contributed by atoms with Crippen LogP contribution in [0.2, 0.25) is 0 Å². The zero-order chi connectivity index (χ0) is 15.4. The molecular weight excluding hydrogens is 336 g/mol. The third-order valence-corrected chi connectivity index (χ3v) is 3.33. The Kier molecular flexibility index (Phi) is 4.59. The van der Waals surface area contributed by atoms with Gasteiger partial charge in [0, 0.05) is 15.7 Å². The normalized spacial score (nSPS) is 10.0. The molecule has 2 aromatic carbocycles. The minimum Gasteiger partial charge on any atom is -0.496 e. The van der Waals surface area contributed by atoms with Crippen molar-refractivity contribution in [3.63, 3.8) is 0 Å². The fourth-order valence-corrected chi connectivity index (χ4v) is 2.13. The predicted octanol–water partition coefficient (Wildman–Crippen LogP) is 2.81. The maximum Gasteiger partial charge on any atom is 0.259 e. The van der Waals surface area contributed by atoms with E-state index in [9.17, 15) is 9.59 Å². The van der Waals surface area contributed by atoms with Gasteiger partial charge < -0.3 is 15.8 Å². The SMILES string of the molecule is COc1ccc(Br)cc1C(=O)Nc1ccc(C(N)=O)cc1. The van der Waals surface area contributed by atoms with Crippen LogP contribution in [0.4, 0.5) is 5.69 Å². The molecule has 0 aliphatic rings. The Bertz CT molecular complexity index is 684. The lowest BCUT2D eigenvalue weighted by Gasteiger charge is -2.10. The lowest BCUT2D eigenvalue weighted by Crippen LogP contribution is -2.14. The molecule has 0 aliphatic heterocycles. The number of halogens is 1. The zero-order valence-corrected chi connectivity index (χ0v) is 12.8. The van der Waals surface area contributed by atoms with Gasteiger partial charge in [0.2, 0.25) is 5.91 Å². The minimum atomic E-state index is -0.512. The summed E-state index contributed by atoms with van der Waals surface area (Å²) < 4.78 is 5.94. The number of nitrogens with two attached hydrogens (primary N) is 1. The molecule has 0 unspecified atom stereocenters. The van der Waals surface area contributed by atoms with E-state index in [1.807, 2.05) is 0 Å². The molecule has 0 saturated heterocycles. The predicted molar refractivity (Wildman–Crippen MR) is 83.6 cm³/mol. The van der Waals surface area contributed by atoms with Gasteiger partial charge in [-0.2, -0.15) is 0 Å². The molecule has 0 heterocycles. The second-order valence-electron chi connectivity index (χ2n) is 4.24. The van der Waals surface area contributed by atoms with Crippen LogP contribution in [0.5, 0.6) is 5.75 Å². The Morgan fingerprint density at radius 3 is 2.38 bits per heavy atom. The van der Waals surface area contributed by atoms with E-state index < -0.39 is 5.91 Å². The van der Waals surface area contributed by atoms with Gasteiger partial charge in [-0.3, -0.25) is 9.59 Å². The molecule has 0 aromatic heterocycles. The number of rotatable bonds is 4. The number of hydrogen-bond donors (Lipinski definition) is 2. The zero-order valence-electron chi connectivity index (χ0n) is 11.2. The highest BCUT2D eigenvalue weighted by Gasteiger charge is 2.13. The van der Waals surface area contributed by atoms with Crippen molar-refractivity contribution in [1.29, 1.82) is 0 Å². The van der Waals surface area contributed by atoms with Crippen LogP contribution in [0.3, 0.4) is 0 Å². The third kappa shape index (κ3) is 3.61. The number of nitrogens with one attached hydrogen (secondary N) is 1. The highest BCUT2D eigenvalue weighted by molar-refractivity contribution is 9.10. The van der Waals surface area contributed by atoms with E-state index in [1.54, 1.807) is 42.5 Å². The number of amides is 2. The summed E-state index contributed by atoms with van der Waals surface area (Å²) >= 11 is 3.32. The fraction of sp³-hybridized carbons (Fsp3) is 0.0667. The summed E-state index contributed by atoms with van der Waals surface area (Å²) in [6.45, 7) is 0. The topological polar surface area (TPSA) is 81.4 Å². The van der Waals surface area contributed by atoms with Gasteiger partial charge in [-0.05, 0) is 42.5 Å². The van der Waals surface area contributed by atoms with Gasteiger partial charge in [-0.25, -0.2) is 0 Å². The van der Waals surface area contributed by atoms with E-state index in [1.165, 1.54) is 7.11 Å². The molecule has 2 aromatic rings. The molecule has 3 N–H and O–H groups in total. The smallest absolute Gasteiger partial charge is 0.259 e. The van der Waals surface area contributed by atoms with Crippen LogP contribution in [0, 0.1) is 0 Å². The van der Waals surface area contributed by atoms with Gasteiger partial charge in [0.05, 0.1) is 12.7 Å². The molecule has 0 radical (unpaired) electrons. The number of ether oxygens (including phenoxy) is 1. The molecule has 0 atom stereocenters. The van der Waals surface area contributed by atoms with Crippen molar-refractivity contribution in [2.24, 2.45) is 5.73 Å². The third-order valence-electron chi connectivity index (χ3n) is 2.83. The molecule has 6 heteroatoms. The van der Waals surface area contributed by atoms with E-state index in [-0.39, 0.29) is 5.91 Å². The Morgan fingerprint density at radius 1 is 1.14 bits per heavy atom. The van der Waals surface area contributed by atoms with Crippen LogP contribution >= 0.6 is 15.9 Å². The van der Waals surface area contributed by atoms with E-state index in [0.29, 0.717) is 22.6 Å². The van der Waals surface area contributed by atoms with E-state index in [0.717, 1.165) is 4.47 Å². The summed E-state index contributed by atoms with van der Waals surface area (Å²) in [6.07, 6.45) is 0. The van der Waals surface area contributed by atoms with Gasteiger partial charge >= 0.3 is 0 Å². The van der Waals surface area contributed by atoms with Crippen LogP contribution in [0.15, 0.2) is 46.9 Å². The fourth-order valence-electron chi connectivity index (χ4n) is 1.77. The summed E-state index contributed by atoms with van der Waals surface area (Å²) in [4.78, 5) is 23.3. The van der Waals surface area contributed by atoms with E-state index in [4.69, 9.17) is 10.5 Å². The summed E-state index contributed by atoms with van der Waals surface area (Å²) in [5, 5.41) is 2.73. The summed E-state index contributed by atoms with van der Waals surface area (Å²) in [6, 6.07) is 11.5. The van der Waals surface area contributed by atoms with Crippen molar-refractivity contribution >= 4 is 33.4 Å². The second kappa shape index (κ2) is 6.41. The van der Waals surface area contributed by atoms with Crippen LogP contribution < -0.4 is 15.8 Å². The largest absolute Gasteiger partial charge is 0.496 e. The molecule has 5 nitrogen and oxygen atoms in total. The highest BCUT2D eigenvalue weighted by Crippen LogP contribution is 2.24. The Balaban J connectivity index is 2.21. The quantitative estimate of drug-likeness (QED) is 0.891. The number of anilines is 1. The molecule has 21 heavy (non-hydrogen) atoms. The van der Waals surface area contributed by atoms with Crippen molar-refractivity contribution < 1.29 is 14.3 Å². The van der Waals surface area contributed by atoms with Crippen molar-refractivity contribution in [3.8, 4) is 5.75 Å². The first-order chi connectivity index (χ1) is 10.0. The Labute approximate surface area is 130 Å². The minimum absolute atomic E-state index is 0.306. The molecule has 2 rings (SSSR count). The van der Waals surface area contributed by atoms with Gasteiger partial charge in [0.15, 0.2) is 0 Å². The number of carbonyl (C=O) groups excluding carboxylic acids is 2. The molecule has 2 amide bonds. The molecule has 108 valence electrons.